The summed E-state index contributed by atoms with van der Waals surface area (Å²) in [5, 5.41) is 7.37. The Hall–Kier alpha value is -2.14. The van der Waals surface area contributed by atoms with Gasteiger partial charge in [-0.3, -0.25) is 9.48 Å². The fourth-order valence-electron chi connectivity index (χ4n) is 2.20. The Kier molecular flexibility index (Phi) is 4.66. The van der Waals surface area contributed by atoms with Crippen LogP contribution in [0.5, 0.6) is 0 Å². The van der Waals surface area contributed by atoms with Crippen molar-refractivity contribution in [3.05, 3.63) is 52.8 Å². The van der Waals surface area contributed by atoms with E-state index in [1.807, 2.05) is 56.6 Å². The molecule has 2 aromatic rings. The number of amides is 1. The average molecular weight is 300 g/mol. The zero-order valence-corrected chi connectivity index (χ0v) is 13.7. The molecular weight excluding hydrogens is 276 g/mol. The topological polar surface area (TPSA) is 72.9 Å². The van der Waals surface area contributed by atoms with E-state index in [4.69, 9.17) is 5.73 Å². The van der Waals surface area contributed by atoms with Gasteiger partial charge in [0.05, 0.1) is 12.2 Å². The predicted molar refractivity (Wildman–Crippen MR) is 87.8 cm³/mol. The third kappa shape index (κ3) is 3.95. The van der Waals surface area contributed by atoms with Crippen molar-refractivity contribution in [2.24, 2.45) is 5.73 Å². The largest absolute Gasteiger partial charge is 0.346 e. The standard InChI is InChI=1S/C17H24N4O/c1-12-9-13(2)21(20-12)10-14-5-7-15(8-6-14)16(22)19-17(3,4)11-18/h5-9H,10-11,18H2,1-4H3,(H,19,22). The molecule has 0 bridgehead atoms. The van der Waals surface area contributed by atoms with Crippen molar-refractivity contribution >= 4 is 5.91 Å². The molecular formula is C17H24N4O. The molecule has 22 heavy (non-hydrogen) atoms. The van der Waals surface area contributed by atoms with Crippen molar-refractivity contribution in [2.45, 2.75) is 39.8 Å². The molecule has 2 rings (SSSR count). The number of aromatic nitrogens is 2. The van der Waals surface area contributed by atoms with Crippen LogP contribution in [-0.2, 0) is 6.54 Å². The van der Waals surface area contributed by atoms with E-state index in [2.05, 4.69) is 16.5 Å². The minimum atomic E-state index is -0.403. The maximum atomic E-state index is 12.2. The fraction of sp³-hybridized carbons (Fsp3) is 0.412. The van der Waals surface area contributed by atoms with Crippen LogP contribution in [0.3, 0.4) is 0 Å². The highest BCUT2D eigenvalue weighted by molar-refractivity contribution is 5.94. The number of aryl methyl sites for hydroxylation is 2. The molecule has 0 spiro atoms. The number of nitrogens with zero attached hydrogens (tertiary/aromatic N) is 2. The van der Waals surface area contributed by atoms with Crippen LogP contribution in [0.1, 0.15) is 41.2 Å². The van der Waals surface area contributed by atoms with Gasteiger partial charge in [-0.05, 0) is 51.5 Å². The van der Waals surface area contributed by atoms with Gasteiger partial charge in [0.15, 0.2) is 0 Å². The van der Waals surface area contributed by atoms with Gasteiger partial charge >= 0.3 is 0 Å². The van der Waals surface area contributed by atoms with E-state index in [0.717, 1.165) is 17.0 Å². The summed E-state index contributed by atoms with van der Waals surface area (Å²) in [6, 6.07) is 9.64. The summed E-state index contributed by atoms with van der Waals surface area (Å²) in [4.78, 5) is 12.2. The van der Waals surface area contributed by atoms with Crippen LogP contribution in [0.2, 0.25) is 0 Å². The Morgan fingerprint density at radius 2 is 1.91 bits per heavy atom. The lowest BCUT2D eigenvalue weighted by Crippen LogP contribution is -2.48. The molecule has 0 unspecified atom stereocenters. The van der Waals surface area contributed by atoms with Crippen molar-refractivity contribution in [3.8, 4) is 0 Å². The molecule has 5 nitrogen and oxygen atoms in total. The van der Waals surface area contributed by atoms with Gasteiger partial charge in [-0.2, -0.15) is 5.10 Å². The quantitative estimate of drug-likeness (QED) is 0.887. The first kappa shape index (κ1) is 16.2. The molecule has 0 radical (unpaired) electrons. The number of nitrogens with two attached hydrogens (primary N) is 1. The molecule has 0 fully saturated rings. The van der Waals surface area contributed by atoms with E-state index in [-0.39, 0.29) is 5.91 Å². The second-order valence-electron chi connectivity index (χ2n) is 6.32. The third-order valence-electron chi connectivity index (χ3n) is 3.61. The lowest BCUT2D eigenvalue weighted by molar-refractivity contribution is 0.0915. The summed E-state index contributed by atoms with van der Waals surface area (Å²) >= 11 is 0. The first-order valence-electron chi connectivity index (χ1n) is 7.43. The molecule has 1 amide bonds. The summed E-state index contributed by atoms with van der Waals surface area (Å²) < 4.78 is 1.96. The first-order chi connectivity index (χ1) is 10.3. The van der Waals surface area contributed by atoms with Crippen LogP contribution >= 0.6 is 0 Å². The van der Waals surface area contributed by atoms with Gasteiger partial charge in [0.25, 0.3) is 5.91 Å². The number of hydrogen-bond donors (Lipinski definition) is 2. The maximum Gasteiger partial charge on any atom is 0.251 e. The molecule has 3 N–H and O–H groups in total. The highest BCUT2D eigenvalue weighted by Crippen LogP contribution is 2.10. The SMILES string of the molecule is Cc1cc(C)n(Cc2ccc(C(=O)NC(C)(C)CN)cc2)n1. The Morgan fingerprint density at radius 3 is 2.41 bits per heavy atom. The van der Waals surface area contributed by atoms with Gasteiger partial charge < -0.3 is 11.1 Å². The zero-order valence-electron chi connectivity index (χ0n) is 13.7. The smallest absolute Gasteiger partial charge is 0.251 e. The van der Waals surface area contributed by atoms with Gasteiger partial charge in [0.1, 0.15) is 0 Å². The van der Waals surface area contributed by atoms with E-state index in [9.17, 15) is 4.79 Å². The average Bonchev–Trinajstić information content (AvgIpc) is 2.77. The number of hydrogen-bond acceptors (Lipinski definition) is 3. The minimum Gasteiger partial charge on any atom is -0.346 e. The fourth-order valence-corrected chi connectivity index (χ4v) is 2.20. The number of carbonyl (C=O) groups excluding carboxylic acids is 1. The van der Waals surface area contributed by atoms with Gasteiger partial charge in [-0.25, -0.2) is 0 Å². The van der Waals surface area contributed by atoms with E-state index in [1.165, 1.54) is 0 Å². The highest BCUT2D eigenvalue weighted by atomic mass is 16.1. The molecule has 0 atom stereocenters. The van der Waals surface area contributed by atoms with E-state index in [1.54, 1.807) is 0 Å². The number of carbonyl (C=O) groups is 1. The third-order valence-corrected chi connectivity index (χ3v) is 3.61. The summed E-state index contributed by atoms with van der Waals surface area (Å²) in [7, 11) is 0. The van der Waals surface area contributed by atoms with Crippen molar-refractivity contribution in [1.29, 1.82) is 0 Å². The minimum absolute atomic E-state index is 0.104. The molecule has 0 saturated heterocycles. The Labute approximate surface area is 131 Å². The summed E-state index contributed by atoms with van der Waals surface area (Å²) in [5.74, 6) is -0.104. The van der Waals surface area contributed by atoms with Crippen LogP contribution in [0.15, 0.2) is 30.3 Å². The molecule has 118 valence electrons. The van der Waals surface area contributed by atoms with Crippen molar-refractivity contribution in [1.82, 2.24) is 15.1 Å². The van der Waals surface area contributed by atoms with Crippen molar-refractivity contribution < 1.29 is 4.79 Å². The molecule has 1 aromatic carbocycles. The van der Waals surface area contributed by atoms with E-state index < -0.39 is 5.54 Å². The molecule has 1 heterocycles. The molecule has 0 saturated carbocycles. The summed E-state index contributed by atoms with van der Waals surface area (Å²) in [6.07, 6.45) is 0. The first-order valence-corrected chi connectivity index (χ1v) is 7.43. The molecule has 1 aromatic heterocycles. The maximum absolute atomic E-state index is 12.2. The predicted octanol–water partition coefficient (Wildman–Crippen LogP) is 2.02. The van der Waals surface area contributed by atoms with Crippen molar-refractivity contribution in [2.75, 3.05) is 6.54 Å². The second-order valence-corrected chi connectivity index (χ2v) is 6.32. The van der Waals surface area contributed by atoms with E-state index in [0.29, 0.717) is 18.7 Å². The number of nitrogens with one attached hydrogen (secondary N) is 1. The zero-order chi connectivity index (χ0) is 16.3. The number of benzene rings is 1. The van der Waals surface area contributed by atoms with Crippen LogP contribution in [-0.4, -0.2) is 27.8 Å². The normalized spacial score (nSPS) is 11.5. The van der Waals surface area contributed by atoms with Gasteiger partial charge in [0.2, 0.25) is 0 Å². The second kappa shape index (κ2) is 6.32. The van der Waals surface area contributed by atoms with Crippen LogP contribution in [0.25, 0.3) is 0 Å². The Morgan fingerprint density at radius 1 is 1.27 bits per heavy atom. The molecule has 5 heteroatoms. The summed E-state index contributed by atoms with van der Waals surface area (Å²) in [6.45, 7) is 8.93. The Bertz CT molecular complexity index is 656. The lowest BCUT2D eigenvalue weighted by atomic mass is 10.0. The molecule has 0 aliphatic rings. The summed E-state index contributed by atoms with van der Waals surface area (Å²) in [5.41, 5.74) is 9.12. The monoisotopic (exact) mass is 300 g/mol. The van der Waals surface area contributed by atoms with E-state index >= 15 is 0 Å². The highest BCUT2D eigenvalue weighted by Gasteiger charge is 2.19. The lowest BCUT2D eigenvalue weighted by Gasteiger charge is -2.24. The van der Waals surface area contributed by atoms with Crippen LogP contribution < -0.4 is 11.1 Å². The van der Waals surface area contributed by atoms with Gasteiger partial charge in [-0.1, -0.05) is 12.1 Å². The molecule has 0 aliphatic heterocycles. The van der Waals surface area contributed by atoms with Gasteiger partial charge in [-0.15, -0.1) is 0 Å². The van der Waals surface area contributed by atoms with Crippen molar-refractivity contribution in [3.63, 3.8) is 0 Å². The van der Waals surface area contributed by atoms with Crippen LogP contribution in [0.4, 0.5) is 0 Å². The van der Waals surface area contributed by atoms with Crippen LogP contribution in [0, 0.1) is 13.8 Å². The Balaban J connectivity index is 2.07. The molecule has 0 aliphatic carbocycles. The number of rotatable bonds is 5. The van der Waals surface area contributed by atoms with Gasteiger partial charge in [0, 0.05) is 23.3 Å².